The van der Waals surface area contributed by atoms with E-state index in [9.17, 15) is 13.2 Å². The van der Waals surface area contributed by atoms with Gasteiger partial charge in [0.05, 0.1) is 28.7 Å². The number of sulfone groups is 1. The molecule has 1 fully saturated rings. The number of benzene rings is 1. The molecule has 0 radical (unpaired) electrons. The van der Waals surface area contributed by atoms with Crippen molar-refractivity contribution in [1.82, 2.24) is 5.32 Å². The number of thioether (sulfide) groups is 1. The standard InChI is InChI=1S/C13H17ClN2O3S2/c1-8-10(15)3-2-4-12(8)20-5-13(17)16-11-7-21(18,19)6-9(11)14/h2-4,9,11H,5-7,15H2,1H3,(H,16,17). The first-order valence-corrected chi connectivity index (χ1v) is 9.64. The van der Waals surface area contributed by atoms with Crippen molar-refractivity contribution in [3.63, 3.8) is 0 Å². The molecule has 1 heterocycles. The number of anilines is 1. The first-order valence-electron chi connectivity index (χ1n) is 6.40. The normalized spacial score (nSPS) is 23.9. The molecule has 1 amide bonds. The van der Waals surface area contributed by atoms with E-state index < -0.39 is 21.3 Å². The van der Waals surface area contributed by atoms with E-state index in [-0.39, 0.29) is 23.2 Å². The van der Waals surface area contributed by atoms with Crippen molar-refractivity contribution in [3.8, 4) is 0 Å². The van der Waals surface area contributed by atoms with Crippen LogP contribution in [0.5, 0.6) is 0 Å². The molecule has 0 saturated carbocycles. The number of carbonyl (C=O) groups is 1. The molecule has 0 aliphatic carbocycles. The number of halogens is 1. The van der Waals surface area contributed by atoms with E-state index in [1.54, 1.807) is 6.07 Å². The second-order valence-electron chi connectivity index (χ2n) is 5.03. The van der Waals surface area contributed by atoms with E-state index in [1.807, 2.05) is 19.1 Å². The Kier molecular flexibility index (Phi) is 5.06. The fourth-order valence-electron chi connectivity index (χ4n) is 2.12. The number of rotatable bonds is 4. The second-order valence-corrected chi connectivity index (χ2v) is 8.76. The van der Waals surface area contributed by atoms with Gasteiger partial charge in [-0.05, 0) is 24.6 Å². The zero-order valence-electron chi connectivity index (χ0n) is 11.5. The topological polar surface area (TPSA) is 89.3 Å². The number of hydrogen-bond acceptors (Lipinski definition) is 5. The summed E-state index contributed by atoms with van der Waals surface area (Å²) in [5, 5.41) is 2.13. The van der Waals surface area contributed by atoms with Crippen LogP contribution in [0.15, 0.2) is 23.1 Å². The van der Waals surface area contributed by atoms with Crippen LogP contribution >= 0.6 is 23.4 Å². The van der Waals surface area contributed by atoms with Gasteiger partial charge in [-0.15, -0.1) is 23.4 Å². The summed E-state index contributed by atoms with van der Waals surface area (Å²) in [5.41, 5.74) is 7.43. The lowest BCUT2D eigenvalue weighted by molar-refractivity contribution is -0.119. The minimum absolute atomic E-state index is 0.0824. The Morgan fingerprint density at radius 3 is 2.81 bits per heavy atom. The minimum Gasteiger partial charge on any atom is -0.398 e. The molecule has 1 saturated heterocycles. The van der Waals surface area contributed by atoms with Gasteiger partial charge in [0.25, 0.3) is 0 Å². The zero-order chi connectivity index (χ0) is 15.6. The van der Waals surface area contributed by atoms with Crippen molar-refractivity contribution in [2.45, 2.75) is 23.2 Å². The van der Waals surface area contributed by atoms with Crippen LogP contribution in [0.25, 0.3) is 0 Å². The highest BCUT2D eigenvalue weighted by molar-refractivity contribution is 8.00. The lowest BCUT2D eigenvalue weighted by Crippen LogP contribution is -2.41. The van der Waals surface area contributed by atoms with Crippen molar-refractivity contribution in [2.75, 3.05) is 23.0 Å². The molecular formula is C13H17ClN2O3S2. The van der Waals surface area contributed by atoms with Crippen LogP contribution in [-0.2, 0) is 14.6 Å². The van der Waals surface area contributed by atoms with E-state index in [2.05, 4.69) is 5.32 Å². The van der Waals surface area contributed by atoms with Gasteiger partial charge in [-0.3, -0.25) is 4.79 Å². The maximum atomic E-state index is 11.9. The van der Waals surface area contributed by atoms with Gasteiger partial charge in [-0.1, -0.05) is 6.07 Å². The van der Waals surface area contributed by atoms with E-state index in [4.69, 9.17) is 17.3 Å². The minimum atomic E-state index is -3.14. The van der Waals surface area contributed by atoms with Crippen molar-refractivity contribution >= 4 is 44.8 Å². The monoisotopic (exact) mass is 348 g/mol. The van der Waals surface area contributed by atoms with Gasteiger partial charge in [0.2, 0.25) is 5.91 Å². The van der Waals surface area contributed by atoms with Crippen LogP contribution in [0, 0.1) is 6.92 Å². The summed E-state index contributed by atoms with van der Waals surface area (Å²) in [6, 6.07) is 5.03. The Hall–Kier alpha value is -0.920. The van der Waals surface area contributed by atoms with Crippen LogP contribution in [0.2, 0.25) is 0 Å². The van der Waals surface area contributed by atoms with Gasteiger partial charge in [0, 0.05) is 10.6 Å². The third-order valence-corrected chi connectivity index (χ3v) is 6.85. The van der Waals surface area contributed by atoms with Crippen LogP contribution in [0.3, 0.4) is 0 Å². The summed E-state index contributed by atoms with van der Waals surface area (Å²) in [6.07, 6.45) is 0. The molecule has 5 nitrogen and oxygen atoms in total. The molecule has 1 aliphatic heterocycles. The summed E-state index contributed by atoms with van der Waals surface area (Å²) in [6.45, 7) is 1.90. The summed E-state index contributed by atoms with van der Waals surface area (Å²) in [7, 11) is -3.14. The lowest BCUT2D eigenvalue weighted by Gasteiger charge is -2.14. The summed E-state index contributed by atoms with van der Waals surface area (Å²) in [5.74, 6) is -0.199. The smallest absolute Gasteiger partial charge is 0.230 e. The maximum absolute atomic E-state index is 11.9. The predicted octanol–water partition coefficient (Wildman–Crippen LogP) is 1.19. The number of amides is 1. The number of nitrogen functional groups attached to an aromatic ring is 1. The van der Waals surface area contributed by atoms with Gasteiger partial charge in [-0.2, -0.15) is 0 Å². The Labute approximate surface area is 133 Å². The summed E-state index contributed by atoms with van der Waals surface area (Å²) in [4.78, 5) is 12.8. The molecule has 0 spiro atoms. The molecule has 2 unspecified atom stereocenters. The molecule has 21 heavy (non-hydrogen) atoms. The quantitative estimate of drug-likeness (QED) is 0.484. The third kappa shape index (κ3) is 4.28. The number of carbonyl (C=O) groups excluding carboxylic acids is 1. The lowest BCUT2D eigenvalue weighted by atomic mass is 10.2. The number of nitrogens with two attached hydrogens (primary N) is 1. The Morgan fingerprint density at radius 2 is 2.19 bits per heavy atom. The van der Waals surface area contributed by atoms with E-state index in [0.717, 1.165) is 10.5 Å². The number of hydrogen-bond donors (Lipinski definition) is 2. The first kappa shape index (κ1) is 16.5. The van der Waals surface area contributed by atoms with Crippen molar-refractivity contribution in [3.05, 3.63) is 23.8 Å². The zero-order valence-corrected chi connectivity index (χ0v) is 13.9. The fraction of sp³-hybridized carbons (Fsp3) is 0.462. The van der Waals surface area contributed by atoms with Crippen LogP contribution in [0.1, 0.15) is 5.56 Å². The molecule has 0 bridgehead atoms. The molecule has 116 valence electrons. The predicted molar refractivity (Wildman–Crippen MR) is 86.5 cm³/mol. The van der Waals surface area contributed by atoms with Crippen LogP contribution in [-0.4, -0.2) is 43.0 Å². The Bertz CT molecular complexity index is 649. The fourth-order valence-corrected chi connectivity index (χ4v) is 5.55. The molecule has 0 aromatic heterocycles. The van der Waals surface area contributed by atoms with Crippen LogP contribution < -0.4 is 11.1 Å². The van der Waals surface area contributed by atoms with Gasteiger partial charge in [0.15, 0.2) is 9.84 Å². The van der Waals surface area contributed by atoms with Crippen LogP contribution in [0.4, 0.5) is 5.69 Å². The van der Waals surface area contributed by atoms with Crippen molar-refractivity contribution < 1.29 is 13.2 Å². The molecule has 2 rings (SSSR count). The SMILES string of the molecule is Cc1c(N)cccc1SCC(=O)NC1CS(=O)(=O)CC1Cl. The first-order chi connectivity index (χ1) is 9.78. The van der Waals surface area contributed by atoms with E-state index in [1.165, 1.54) is 11.8 Å². The maximum Gasteiger partial charge on any atom is 0.230 e. The van der Waals surface area contributed by atoms with E-state index >= 15 is 0 Å². The molecule has 1 aromatic carbocycles. The number of alkyl halides is 1. The second kappa shape index (κ2) is 6.46. The number of nitrogens with one attached hydrogen (secondary N) is 1. The van der Waals surface area contributed by atoms with Gasteiger partial charge < -0.3 is 11.1 Å². The summed E-state index contributed by atoms with van der Waals surface area (Å²) >= 11 is 7.32. The Balaban J connectivity index is 1.90. The molecule has 1 aliphatic rings. The molecule has 2 atom stereocenters. The van der Waals surface area contributed by atoms with Crippen molar-refractivity contribution in [1.29, 1.82) is 0 Å². The summed E-state index contributed by atoms with van der Waals surface area (Å²) < 4.78 is 22.9. The van der Waals surface area contributed by atoms with E-state index in [0.29, 0.717) is 5.69 Å². The molecule has 8 heteroatoms. The third-order valence-electron chi connectivity index (χ3n) is 3.31. The average Bonchev–Trinajstić information content (AvgIpc) is 2.64. The largest absolute Gasteiger partial charge is 0.398 e. The highest BCUT2D eigenvalue weighted by atomic mass is 35.5. The average molecular weight is 349 g/mol. The molecule has 3 N–H and O–H groups in total. The van der Waals surface area contributed by atoms with Gasteiger partial charge >= 0.3 is 0 Å². The Morgan fingerprint density at radius 1 is 1.48 bits per heavy atom. The van der Waals surface area contributed by atoms with Crippen molar-refractivity contribution in [2.24, 2.45) is 0 Å². The highest BCUT2D eigenvalue weighted by Gasteiger charge is 2.37. The molecule has 1 aromatic rings. The highest BCUT2D eigenvalue weighted by Crippen LogP contribution is 2.26. The molecular weight excluding hydrogens is 332 g/mol. The van der Waals surface area contributed by atoms with Gasteiger partial charge in [-0.25, -0.2) is 8.42 Å². The van der Waals surface area contributed by atoms with Gasteiger partial charge in [0.1, 0.15) is 0 Å².